The molecule has 3 aliphatic rings. The standard InChI is InChI=1S/C19H28N4O3/c1-13-20-18(21-26-13)19(2,3)23-9-5-6-16(22-10-15(11-22)24-4)17(23)25-12-14-7-8-14/h5-6,14-15H,7-12H2,1-4H3. The zero-order valence-electron chi connectivity index (χ0n) is 16.1. The van der Waals surface area contributed by atoms with Crippen LogP contribution in [0.2, 0.25) is 0 Å². The number of hydrogen-bond donors (Lipinski definition) is 0. The predicted octanol–water partition coefficient (Wildman–Crippen LogP) is 2.41. The average molecular weight is 360 g/mol. The molecule has 0 amide bonds. The van der Waals surface area contributed by atoms with E-state index in [0.717, 1.165) is 37.8 Å². The van der Waals surface area contributed by atoms with Crippen LogP contribution in [0.4, 0.5) is 0 Å². The zero-order chi connectivity index (χ0) is 18.3. The number of likely N-dealkylation sites (tertiary alicyclic amines) is 1. The van der Waals surface area contributed by atoms with E-state index in [1.54, 1.807) is 7.11 Å². The molecule has 7 heteroatoms. The van der Waals surface area contributed by atoms with Gasteiger partial charge in [0.2, 0.25) is 11.8 Å². The molecule has 1 aromatic heterocycles. The highest BCUT2D eigenvalue weighted by Gasteiger charge is 2.40. The Labute approximate surface area is 154 Å². The topological polar surface area (TPSA) is 63.9 Å². The number of aryl methyl sites for hydroxylation is 1. The second-order valence-corrected chi connectivity index (χ2v) is 7.92. The summed E-state index contributed by atoms with van der Waals surface area (Å²) in [5.74, 6) is 2.86. The van der Waals surface area contributed by atoms with Gasteiger partial charge in [-0.3, -0.25) is 0 Å². The number of ether oxygens (including phenoxy) is 2. The van der Waals surface area contributed by atoms with Gasteiger partial charge in [-0.05, 0) is 38.7 Å². The number of aromatic nitrogens is 2. The van der Waals surface area contributed by atoms with Gasteiger partial charge in [-0.1, -0.05) is 11.2 Å². The molecule has 0 bridgehead atoms. The third-order valence-corrected chi connectivity index (χ3v) is 5.45. The minimum Gasteiger partial charge on any atom is -0.477 e. The SMILES string of the molecule is COC1CN(C2=C(OCC3CC3)N(C(C)(C)c3noc(C)n3)CC=C2)C1. The largest absolute Gasteiger partial charge is 0.477 e. The molecule has 1 saturated carbocycles. The van der Waals surface area contributed by atoms with Crippen LogP contribution in [-0.4, -0.2) is 59.4 Å². The third kappa shape index (κ3) is 3.20. The highest BCUT2D eigenvalue weighted by molar-refractivity contribution is 5.29. The summed E-state index contributed by atoms with van der Waals surface area (Å²) in [6.45, 7) is 9.35. The molecule has 0 N–H and O–H groups in total. The van der Waals surface area contributed by atoms with Crippen molar-refractivity contribution in [2.75, 3.05) is 33.4 Å². The van der Waals surface area contributed by atoms with E-state index in [1.165, 1.54) is 12.8 Å². The van der Waals surface area contributed by atoms with Gasteiger partial charge in [-0.15, -0.1) is 0 Å². The van der Waals surface area contributed by atoms with Crippen molar-refractivity contribution in [3.63, 3.8) is 0 Å². The predicted molar refractivity (Wildman–Crippen MR) is 96.0 cm³/mol. The second kappa shape index (κ2) is 6.61. The lowest BCUT2D eigenvalue weighted by Crippen LogP contribution is -2.53. The minimum absolute atomic E-state index is 0.295. The summed E-state index contributed by atoms with van der Waals surface area (Å²) in [5.41, 5.74) is 0.691. The number of methoxy groups -OCH3 is 1. The Bertz CT molecular complexity index is 714. The van der Waals surface area contributed by atoms with Gasteiger partial charge >= 0.3 is 0 Å². The van der Waals surface area contributed by atoms with E-state index in [0.29, 0.717) is 23.7 Å². The molecule has 1 aliphatic carbocycles. The quantitative estimate of drug-likeness (QED) is 0.740. The first-order valence-electron chi connectivity index (χ1n) is 9.39. The fourth-order valence-corrected chi connectivity index (χ4v) is 3.37. The molecule has 1 aromatic rings. The average Bonchev–Trinajstić information content (AvgIpc) is 3.31. The lowest BCUT2D eigenvalue weighted by molar-refractivity contribution is -0.0226. The second-order valence-electron chi connectivity index (χ2n) is 7.92. The molecule has 4 rings (SSSR count). The van der Waals surface area contributed by atoms with Crippen molar-refractivity contribution in [2.45, 2.75) is 45.3 Å². The van der Waals surface area contributed by atoms with Crippen molar-refractivity contribution < 1.29 is 14.0 Å². The molecule has 26 heavy (non-hydrogen) atoms. The first kappa shape index (κ1) is 17.4. The third-order valence-electron chi connectivity index (χ3n) is 5.45. The molecule has 0 atom stereocenters. The van der Waals surface area contributed by atoms with Crippen molar-refractivity contribution >= 4 is 0 Å². The molecular formula is C19H28N4O3. The Morgan fingerprint density at radius 3 is 2.69 bits per heavy atom. The summed E-state index contributed by atoms with van der Waals surface area (Å²) in [7, 11) is 1.77. The van der Waals surface area contributed by atoms with Gasteiger partial charge in [-0.2, -0.15) is 4.98 Å². The zero-order valence-corrected chi connectivity index (χ0v) is 16.1. The van der Waals surface area contributed by atoms with E-state index in [9.17, 15) is 0 Å². The molecule has 2 fully saturated rings. The summed E-state index contributed by atoms with van der Waals surface area (Å²) in [6, 6.07) is 0. The van der Waals surface area contributed by atoms with E-state index in [4.69, 9.17) is 14.0 Å². The van der Waals surface area contributed by atoms with Crippen LogP contribution in [0.1, 0.15) is 38.4 Å². The summed E-state index contributed by atoms with van der Waals surface area (Å²) in [6.07, 6.45) is 7.17. The van der Waals surface area contributed by atoms with Gasteiger partial charge in [0.25, 0.3) is 0 Å². The van der Waals surface area contributed by atoms with Crippen molar-refractivity contribution in [1.82, 2.24) is 19.9 Å². The van der Waals surface area contributed by atoms with Crippen molar-refractivity contribution in [1.29, 1.82) is 0 Å². The lowest BCUT2D eigenvalue weighted by atomic mass is 9.99. The van der Waals surface area contributed by atoms with Crippen LogP contribution in [0.3, 0.4) is 0 Å². The van der Waals surface area contributed by atoms with E-state index in [-0.39, 0.29) is 0 Å². The fraction of sp³-hybridized carbons (Fsp3) is 0.684. The maximum atomic E-state index is 6.36. The number of hydrogen-bond acceptors (Lipinski definition) is 7. The van der Waals surface area contributed by atoms with Crippen molar-refractivity contribution in [2.24, 2.45) is 5.92 Å². The Morgan fingerprint density at radius 2 is 2.08 bits per heavy atom. The Kier molecular flexibility index (Phi) is 4.42. The highest BCUT2D eigenvalue weighted by atomic mass is 16.5. The monoisotopic (exact) mass is 360 g/mol. The molecule has 3 heterocycles. The molecule has 0 spiro atoms. The molecule has 142 valence electrons. The first-order chi connectivity index (χ1) is 12.5. The van der Waals surface area contributed by atoms with E-state index < -0.39 is 5.54 Å². The van der Waals surface area contributed by atoms with E-state index >= 15 is 0 Å². The van der Waals surface area contributed by atoms with Crippen LogP contribution >= 0.6 is 0 Å². The maximum Gasteiger partial charge on any atom is 0.223 e. The summed E-state index contributed by atoms with van der Waals surface area (Å²) >= 11 is 0. The van der Waals surface area contributed by atoms with Crippen molar-refractivity contribution in [3.05, 3.63) is 35.4 Å². The van der Waals surface area contributed by atoms with E-state index in [1.807, 2.05) is 6.92 Å². The van der Waals surface area contributed by atoms with Gasteiger partial charge in [0, 0.05) is 33.7 Å². The van der Waals surface area contributed by atoms with Crippen LogP contribution < -0.4 is 0 Å². The lowest BCUT2D eigenvalue weighted by Gasteiger charge is -2.46. The number of rotatable bonds is 7. The number of nitrogens with zero attached hydrogens (tertiary/aromatic N) is 4. The fourth-order valence-electron chi connectivity index (χ4n) is 3.37. The normalized spacial score (nSPS) is 21.4. The van der Waals surface area contributed by atoms with Crippen LogP contribution in [-0.2, 0) is 15.0 Å². The maximum absolute atomic E-state index is 6.36. The van der Waals surface area contributed by atoms with Gasteiger partial charge in [-0.25, -0.2) is 0 Å². The summed E-state index contributed by atoms with van der Waals surface area (Å²) < 4.78 is 17.0. The van der Waals surface area contributed by atoms with Crippen molar-refractivity contribution in [3.8, 4) is 0 Å². The molecule has 7 nitrogen and oxygen atoms in total. The number of allylic oxidation sites excluding steroid dienone is 1. The molecule has 0 radical (unpaired) electrons. The van der Waals surface area contributed by atoms with Crippen LogP contribution in [0.15, 0.2) is 28.3 Å². The Hall–Kier alpha value is -2.02. The van der Waals surface area contributed by atoms with Gasteiger partial charge < -0.3 is 23.8 Å². The Balaban J connectivity index is 1.63. The van der Waals surface area contributed by atoms with Gasteiger partial charge in [0.1, 0.15) is 5.54 Å². The Morgan fingerprint density at radius 1 is 1.31 bits per heavy atom. The highest BCUT2D eigenvalue weighted by Crippen LogP contribution is 2.37. The molecule has 0 unspecified atom stereocenters. The summed E-state index contributed by atoms with van der Waals surface area (Å²) in [4.78, 5) is 9.03. The van der Waals surface area contributed by atoms with Crippen LogP contribution in [0, 0.1) is 12.8 Å². The van der Waals surface area contributed by atoms with Crippen LogP contribution in [0.25, 0.3) is 0 Å². The molecule has 0 aromatic carbocycles. The minimum atomic E-state index is -0.432. The smallest absolute Gasteiger partial charge is 0.223 e. The van der Waals surface area contributed by atoms with Gasteiger partial charge in [0.15, 0.2) is 5.82 Å². The molecular weight excluding hydrogens is 332 g/mol. The summed E-state index contributed by atoms with van der Waals surface area (Å²) in [5, 5.41) is 4.17. The van der Waals surface area contributed by atoms with E-state index in [2.05, 4.69) is 45.9 Å². The molecule has 2 aliphatic heterocycles. The van der Waals surface area contributed by atoms with Crippen LogP contribution in [0.5, 0.6) is 0 Å². The molecule has 1 saturated heterocycles. The first-order valence-corrected chi connectivity index (χ1v) is 9.39. The van der Waals surface area contributed by atoms with Gasteiger partial charge in [0.05, 0.1) is 18.4 Å².